The van der Waals surface area contributed by atoms with E-state index in [1.54, 1.807) is 12.1 Å². The first kappa shape index (κ1) is 19.3. The number of ether oxygens (including phenoxy) is 1. The lowest BCUT2D eigenvalue weighted by molar-refractivity contribution is -0.116. The zero-order valence-corrected chi connectivity index (χ0v) is 13.8. The minimum Gasteiger partial charge on any atom is -0.435 e. The first-order valence-corrected chi connectivity index (χ1v) is 7.34. The van der Waals surface area contributed by atoms with Gasteiger partial charge < -0.3 is 15.8 Å². The second kappa shape index (κ2) is 8.76. The molecule has 1 aromatic carbocycles. The van der Waals surface area contributed by atoms with Crippen LogP contribution in [0.25, 0.3) is 11.3 Å². The van der Waals surface area contributed by atoms with Crippen molar-refractivity contribution in [1.29, 1.82) is 0 Å². The Bertz CT molecular complexity index is 650. The summed E-state index contributed by atoms with van der Waals surface area (Å²) in [5.74, 6) is -0.105. The highest BCUT2D eigenvalue weighted by atomic mass is 35.5. The van der Waals surface area contributed by atoms with Gasteiger partial charge in [0.2, 0.25) is 5.91 Å². The topological polar surface area (TPSA) is 77.2 Å². The molecule has 0 saturated heterocycles. The fourth-order valence-electron chi connectivity index (χ4n) is 1.82. The van der Waals surface area contributed by atoms with Crippen LogP contribution in [0, 0.1) is 6.92 Å². The van der Waals surface area contributed by atoms with Crippen LogP contribution >= 0.6 is 23.7 Å². The molecular formula is C14H16ClF2N3O2S. The highest BCUT2D eigenvalue weighted by Gasteiger charge is 2.12. The van der Waals surface area contributed by atoms with Gasteiger partial charge >= 0.3 is 6.61 Å². The largest absolute Gasteiger partial charge is 0.435 e. The minimum atomic E-state index is -2.85. The second-order valence-corrected chi connectivity index (χ2v) is 5.62. The smallest absolute Gasteiger partial charge is 0.387 e. The molecule has 0 spiro atoms. The molecule has 0 aliphatic heterocycles. The van der Waals surface area contributed by atoms with Gasteiger partial charge in [-0.3, -0.25) is 4.79 Å². The van der Waals surface area contributed by atoms with Gasteiger partial charge in [-0.1, -0.05) is 0 Å². The number of alkyl halides is 2. The van der Waals surface area contributed by atoms with Gasteiger partial charge in [0, 0.05) is 23.4 Å². The zero-order valence-electron chi connectivity index (χ0n) is 12.2. The molecule has 5 nitrogen and oxygen atoms in total. The van der Waals surface area contributed by atoms with Gasteiger partial charge in [-0.2, -0.15) is 8.78 Å². The molecule has 1 aromatic heterocycles. The molecule has 0 saturated carbocycles. The third-order valence-electron chi connectivity index (χ3n) is 2.77. The second-order valence-electron chi connectivity index (χ2n) is 4.41. The van der Waals surface area contributed by atoms with E-state index in [-0.39, 0.29) is 37.0 Å². The summed E-state index contributed by atoms with van der Waals surface area (Å²) in [5.41, 5.74) is 6.77. The summed E-state index contributed by atoms with van der Waals surface area (Å²) in [6.45, 7) is -0.708. The molecule has 0 aliphatic carbocycles. The van der Waals surface area contributed by atoms with E-state index in [0.29, 0.717) is 10.8 Å². The van der Waals surface area contributed by atoms with Crippen molar-refractivity contribution in [3.05, 3.63) is 29.1 Å². The summed E-state index contributed by atoms with van der Waals surface area (Å²) in [5, 5.41) is 3.16. The number of hydrogen-bond acceptors (Lipinski definition) is 5. The first-order chi connectivity index (χ1) is 10.5. The third kappa shape index (κ3) is 5.42. The standard InChI is InChI=1S/C14H15F2N3O2S.ClH/c1-8-12(19-14(22-8)18-11(20)6-7-17)9-2-4-10(5-3-9)21-13(15)16;/h2-5,13H,6-7,17H2,1H3,(H,18,19,20);1H. The lowest BCUT2D eigenvalue weighted by atomic mass is 10.1. The average molecular weight is 364 g/mol. The van der Waals surface area contributed by atoms with Gasteiger partial charge in [0.05, 0.1) is 5.69 Å². The Morgan fingerprint density at radius 3 is 2.61 bits per heavy atom. The average Bonchev–Trinajstić information content (AvgIpc) is 2.80. The molecule has 23 heavy (non-hydrogen) atoms. The molecule has 0 atom stereocenters. The maximum absolute atomic E-state index is 12.1. The summed E-state index contributed by atoms with van der Waals surface area (Å²) < 4.78 is 28.5. The maximum atomic E-state index is 12.1. The van der Waals surface area contributed by atoms with Crippen LogP contribution in [0.4, 0.5) is 13.9 Å². The van der Waals surface area contributed by atoms with Crippen LogP contribution in [0.15, 0.2) is 24.3 Å². The lowest BCUT2D eigenvalue weighted by Gasteiger charge is -2.05. The Kier molecular flexibility index (Phi) is 7.34. The predicted octanol–water partition coefficient (Wildman–Crippen LogP) is 3.43. The number of anilines is 1. The van der Waals surface area contributed by atoms with Crippen molar-refractivity contribution in [1.82, 2.24) is 4.98 Å². The summed E-state index contributed by atoms with van der Waals surface area (Å²) in [4.78, 5) is 16.8. The Hall–Kier alpha value is -1.77. The normalized spacial score (nSPS) is 10.3. The van der Waals surface area contributed by atoms with E-state index >= 15 is 0 Å². The van der Waals surface area contributed by atoms with E-state index in [4.69, 9.17) is 5.73 Å². The van der Waals surface area contributed by atoms with E-state index in [9.17, 15) is 13.6 Å². The van der Waals surface area contributed by atoms with Crippen molar-refractivity contribution in [3.63, 3.8) is 0 Å². The van der Waals surface area contributed by atoms with Gasteiger partial charge in [0.1, 0.15) is 5.75 Å². The summed E-state index contributed by atoms with van der Waals surface area (Å²) in [7, 11) is 0. The Morgan fingerprint density at radius 2 is 2.04 bits per heavy atom. The Balaban J connectivity index is 0.00000264. The van der Waals surface area contributed by atoms with Crippen molar-refractivity contribution in [2.24, 2.45) is 5.73 Å². The quantitative estimate of drug-likeness (QED) is 0.824. The zero-order chi connectivity index (χ0) is 16.1. The number of aryl methyl sites for hydroxylation is 1. The molecule has 0 radical (unpaired) electrons. The van der Waals surface area contributed by atoms with Crippen LogP contribution < -0.4 is 15.8 Å². The molecule has 3 N–H and O–H groups in total. The Morgan fingerprint density at radius 1 is 1.39 bits per heavy atom. The van der Waals surface area contributed by atoms with E-state index < -0.39 is 6.61 Å². The number of hydrogen-bond donors (Lipinski definition) is 2. The van der Waals surface area contributed by atoms with Crippen LogP contribution in [-0.2, 0) is 4.79 Å². The number of nitrogens with one attached hydrogen (secondary N) is 1. The number of thiazole rings is 1. The van der Waals surface area contributed by atoms with Gasteiger partial charge in [-0.15, -0.1) is 23.7 Å². The van der Waals surface area contributed by atoms with Crippen LogP contribution in [0.1, 0.15) is 11.3 Å². The van der Waals surface area contributed by atoms with Gasteiger partial charge in [0.25, 0.3) is 0 Å². The molecule has 0 fully saturated rings. The summed E-state index contributed by atoms with van der Waals surface area (Å²) >= 11 is 1.34. The number of carbonyl (C=O) groups is 1. The van der Waals surface area contributed by atoms with E-state index in [2.05, 4.69) is 15.0 Å². The highest BCUT2D eigenvalue weighted by molar-refractivity contribution is 7.16. The van der Waals surface area contributed by atoms with Gasteiger partial charge in [-0.05, 0) is 31.2 Å². The molecule has 0 aliphatic rings. The predicted molar refractivity (Wildman–Crippen MR) is 88.5 cm³/mol. The first-order valence-electron chi connectivity index (χ1n) is 6.52. The van der Waals surface area contributed by atoms with Crippen LogP contribution in [0.3, 0.4) is 0 Å². The van der Waals surface area contributed by atoms with Crippen molar-refractivity contribution < 1.29 is 18.3 Å². The molecule has 2 rings (SSSR count). The number of rotatable bonds is 6. The van der Waals surface area contributed by atoms with Crippen LogP contribution in [-0.4, -0.2) is 24.0 Å². The van der Waals surface area contributed by atoms with E-state index in [1.165, 1.54) is 23.5 Å². The molecule has 0 bridgehead atoms. The van der Waals surface area contributed by atoms with Crippen molar-refractivity contribution in [2.45, 2.75) is 20.0 Å². The number of amides is 1. The van der Waals surface area contributed by atoms with Gasteiger partial charge in [0.15, 0.2) is 5.13 Å². The van der Waals surface area contributed by atoms with Crippen molar-refractivity contribution >= 4 is 34.8 Å². The fourth-order valence-corrected chi connectivity index (χ4v) is 2.68. The molecule has 1 amide bonds. The summed E-state index contributed by atoms with van der Waals surface area (Å²) in [6.07, 6.45) is 0.230. The molecule has 0 unspecified atom stereocenters. The number of nitrogens with zero attached hydrogens (tertiary/aromatic N) is 1. The molecule has 126 valence electrons. The molecule has 1 heterocycles. The molecular weight excluding hydrogens is 348 g/mol. The Labute approximate surface area is 142 Å². The van der Waals surface area contributed by atoms with Crippen LogP contribution in [0.2, 0.25) is 0 Å². The van der Waals surface area contributed by atoms with Crippen molar-refractivity contribution in [3.8, 4) is 17.0 Å². The van der Waals surface area contributed by atoms with E-state index in [0.717, 1.165) is 10.4 Å². The number of benzene rings is 1. The minimum absolute atomic E-state index is 0. The maximum Gasteiger partial charge on any atom is 0.387 e. The monoisotopic (exact) mass is 363 g/mol. The van der Waals surface area contributed by atoms with E-state index in [1.807, 2.05) is 6.92 Å². The van der Waals surface area contributed by atoms with Crippen molar-refractivity contribution in [2.75, 3.05) is 11.9 Å². The highest BCUT2D eigenvalue weighted by Crippen LogP contribution is 2.31. The van der Waals surface area contributed by atoms with Crippen LogP contribution in [0.5, 0.6) is 5.75 Å². The fraction of sp³-hybridized carbons (Fsp3) is 0.286. The summed E-state index contributed by atoms with van der Waals surface area (Å²) in [6, 6.07) is 6.19. The SMILES string of the molecule is Cc1sc(NC(=O)CCN)nc1-c1ccc(OC(F)F)cc1.Cl. The molecule has 9 heteroatoms. The number of aromatic nitrogens is 1. The number of halogens is 3. The lowest BCUT2D eigenvalue weighted by Crippen LogP contribution is -2.15. The van der Waals surface area contributed by atoms with Gasteiger partial charge in [-0.25, -0.2) is 4.98 Å². The third-order valence-corrected chi connectivity index (χ3v) is 3.65. The number of nitrogens with two attached hydrogens (primary N) is 1. The molecule has 2 aromatic rings. The number of carbonyl (C=O) groups excluding carboxylic acids is 1.